The molecule has 3 rings (SSSR count). The predicted octanol–water partition coefficient (Wildman–Crippen LogP) is 2.48. The molecule has 1 saturated carbocycles. The molecule has 1 fully saturated rings. The van der Waals surface area contributed by atoms with E-state index in [4.69, 9.17) is 5.73 Å². The SMILES string of the molecule is NCc1nc(-c2ccc(F)cc2)cn1C1CC1. The molecular formula is C13H14FN3. The lowest BCUT2D eigenvalue weighted by atomic mass is 10.2. The summed E-state index contributed by atoms with van der Waals surface area (Å²) in [5.74, 6) is 0.682. The van der Waals surface area contributed by atoms with E-state index >= 15 is 0 Å². The van der Waals surface area contributed by atoms with Crippen LogP contribution in [-0.4, -0.2) is 9.55 Å². The second-order valence-electron chi connectivity index (χ2n) is 4.39. The first-order chi connectivity index (χ1) is 8.28. The number of hydrogen-bond acceptors (Lipinski definition) is 2. The van der Waals surface area contributed by atoms with Gasteiger partial charge in [-0.15, -0.1) is 0 Å². The summed E-state index contributed by atoms with van der Waals surface area (Å²) in [4.78, 5) is 4.51. The molecule has 17 heavy (non-hydrogen) atoms. The van der Waals surface area contributed by atoms with Gasteiger partial charge in [-0.25, -0.2) is 9.37 Å². The molecule has 0 bridgehead atoms. The van der Waals surface area contributed by atoms with Crippen LogP contribution in [0, 0.1) is 5.82 Å². The number of benzene rings is 1. The summed E-state index contributed by atoms with van der Waals surface area (Å²) < 4.78 is 15.0. The van der Waals surface area contributed by atoms with Crippen LogP contribution in [0.5, 0.6) is 0 Å². The highest BCUT2D eigenvalue weighted by molar-refractivity contribution is 5.58. The summed E-state index contributed by atoms with van der Waals surface area (Å²) in [7, 11) is 0. The summed E-state index contributed by atoms with van der Waals surface area (Å²) in [6.07, 6.45) is 4.42. The Hall–Kier alpha value is -1.68. The van der Waals surface area contributed by atoms with E-state index in [9.17, 15) is 4.39 Å². The molecule has 0 amide bonds. The van der Waals surface area contributed by atoms with Crippen molar-refractivity contribution in [3.05, 3.63) is 42.1 Å². The van der Waals surface area contributed by atoms with E-state index in [1.165, 1.54) is 25.0 Å². The van der Waals surface area contributed by atoms with Crippen molar-refractivity contribution in [2.24, 2.45) is 5.73 Å². The first kappa shape index (κ1) is 10.5. The molecule has 2 N–H and O–H groups in total. The molecule has 4 heteroatoms. The molecule has 0 spiro atoms. The minimum absolute atomic E-state index is 0.227. The summed E-state index contributed by atoms with van der Waals surface area (Å²) >= 11 is 0. The molecule has 0 unspecified atom stereocenters. The third kappa shape index (κ3) is 1.96. The summed E-state index contributed by atoms with van der Waals surface area (Å²) in [5.41, 5.74) is 7.49. The lowest BCUT2D eigenvalue weighted by Gasteiger charge is -2.01. The fourth-order valence-corrected chi connectivity index (χ4v) is 2.01. The van der Waals surface area contributed by atoms with Crippen molar-refractivity contribution < 1.29 is 4.39 Å². The summed E-state index contributed by atoms with van der Waals surface area (Å²) in [6.45, 7) is 0.442. The summed E-state index contributed by atoms with van der Waals surface area (Å²) in [6, 6.07) is 6.96. The van der Waals surface area contributed by atoms with Crippen molar-refractivity contribution in [3.8, 4) is 11.3 Å². The van der Waals surface area contributed by atoms with Crippen LogP contribution in [0.4, 0.5) is 4.39 Å². The zero-order chi connectivity index (χ0) is 11.8. The van der Waals surface area contributed by atoms with Crippen LogP contribution in [0.2, 0.25) is 0 Å². The van der Waals surface area contributed by atoms with E-state index in [2.05, 4.69) is 9.55 Å². The van der Waals surface area contributed by atoms with Crippen molar-refractivity contribution in [2.75, 3.05) is 0 Å². The average molecular weight is 231 g/mol. The molecule has 0 radical (unpaired) electrons. The molecule has 3 nitrogen and oxygen atoms in total. The van der Waals surface area contributed by atoms with Crippen molar-refractivity contribution >= 4 is 0 Å². The van der Waals surface area contributed by atoms with Crippen molar-refractivity contribution in [3.63, 3.8) is 0 Å². The zero-order valence-electron chi connectivity index (χ0n) is 9.44. The van der Waals surface area contributed by atoms with Gasteiger partial charge < -0.3 is 10.3 Å². The van der Waals surface area contributed by atoms with Gasteiger partial charge in [0.05, 0.1) is 12.2 Å². The smallest absolute Gasteiger partial charge is 0.123 e. The Bertz CT molecular complexity index is 526. The van der Waals surface area contributed by atoms with Gasteiger partial charge in [-0.05, 0) is 37.1 Å². The van der Waals surface area contributed by atoms with Crippen LogP contribution < -0.4 is 5.73 Å². The Labute approximate surface area is 99.1 Å². The highest BCUT2D eigenvalue weighted by atomic mass is 19.1. The van der Waals surface area contributed by atoms with E-state index in [1.807, 2.05) is 6.20 Å². The average Bonchev–Trinajstić information content (AvgIpc) is 3.10. The van der Waals surface area contributed by atoms with Crippen molar-refractivity contribution in [1.29, 1.82) is 0 Å². The normalized spacial score (nSPS) is 15.2. The number of aromatic nitrogens is 2. The molecule has 0 saturated heterocycles. The van der Waals surface area contributed by atoms with Crippen LogP contribution in [0.3, 0.4) is 0 Å². The number of nitrogens with two attached hydrogens (primary N) is 1. The fraction of sp³-hybridized carbons (Fsp3) is 0.308. The Morgan fingerprint density at radius 3 is 2.59 bits per heavy atom. The first-order valence-electron chi connectivity index (χ1n) is 5.81. The standard InChI is InChI=1S/C13H14FN3/c14-10-3-1-9(2-4-10)12-8-17(11-5-6-11)13(7-15)16-12/h1-4,8,11H,5-7,15H2. The summed E-state index contributed by atoms with van der Waals surface area (Å²) in [5, 5.41) is 0. The van der Waals surface area contributed by atoms with Gasteiger partial charge in [0, 0.05) is 17.8 Å². The molecule has 1 aliphatic carbocycles. The van der Waals surface area contributed by atoms with Crippen LogP contribution >= 0.6 is 0 Å². The van der Waals surface area contributed by atoms with Gasteiger partial charge in [0.25, 0.3) is 0 Å². The lowest BCUT2D eigenvalue weighted by Crippen LogP contribution is -2.06. The maximum Gasteiger partial charge on any atom is 0.123 e. The maximum atomic E-state index is 12.8. The predicted molar refractivity (Wildman–Crippen MR) is 63.8 cm³/mol. The second kappa shape index (κ2) is 3.96. The third-order valence-electron chi connectivity index (χ3n) is 3.07. The van der Waals surface area contributed by atoms with Gasteiger partial charge in [0.1, 0.15) is 11.6 Å². The molecule has 1 aliphatic rings. The van der Waals surface area contributed by atoms with E-state index in [0.29, 0.717) is 12.6 Å². The zero-order valence-corrected chi connectivity index (χ0v) is 9.44. The van der Waals surface area contributed by atoms with E-state index in [0.717, 1.165) is 17.1 Å². The van der Waals surface area contributed by atoms with Gasteiger partial charge >= 0.3 is 0 Å². The molecule has 2 aromatic rings. The van der Waals surface area contributed by atoms with Gasteiger partial charge in [-0.2, -0.15) is 0 Å². The van der Waals surface area contributed by atoms with Crippen LogP contribution in [0.25, 0.3) is 11.3 Å². The maximum absolute atomic E-state index is 12.8. The van der Waals surface area contributed by atoms with Gasteiger partial charge in [-0.1, -0.05) is 0 Å². The van der Waals surface area contributed by atoms with E-state index < -0.39 is 0 Å². The number of halogens is 1. The largest absolute Gasteiger partial charge is 0.330 e. The second-order valence-corrected chi connectivity index (χ2v) is 4.39. The molecule has 0 aliphatic heterocycles. The highest BCUT2D eigenvalue weighted by Crippen LogP contribution is 2.37. The van der Waals surface area contributed by atoms with Crippen LogP contribution in [-0.2, 0) is 6.54 Å². The third-order valence-corrected chi connectivity index (χ3v) is 3.07. The molecule has 1 heterocycles. The fourth-order valence-electron chi connectivity index (χ4n) is 2.01. The monoisotopic (exact) mass is 231 g/mol. The van der Waals surface area contributed by atoms with E-state index in [1.54, 1.807) is 12.1 Å². The Kier molecular flexibility index (Phi) is 2.44. The van der Waals surface area contributed by atoms with Crippen molar-refractivity contribution in [2.45, 2.75) is 25.4 Å². The van der Waals surface area contributed by atoms with E-state index in [-0.39, 0.29) is 5.82 Å². The Balaban J connectivity index is 2.00. The molecule has 1 aromatic carbocycles. The Morgan fingerprint density at radius 2 is 2.00 bits per heavy atom. The number of imidazole rings is 1. The van der Waals surface area contributed by atoms with Crippen LogP contribution in [0.1, 0.15) is 24.7 Å². The molecule has 0 atom stereocenters. The highest BCUT2D eigenvalue weighted by Gasteiger charge is 2.26. The number of nitrogens with zero attached hydrogens (tertiary/aromatic N) is 2. The molecule has 1 aromatic heterocycles. The van der Waals surface area contributed by atoms with Crippen LogP contribution in [0.15, 0.2) is 30.5 Å². The van der Waals surface area contributed by atoms with Gasteiger partial charge in [-0.3, -0.25) is 0 Å². The van der Waals surface area contributed by atoms with Crippen molar-refractivity contribution in [1.82, 2.24) is 9.55 Å². The topological polar surface area (TPSA) is 43.8 Å². The Morgan fingerprint density at radius 1 is 1.29 bits per heavy atom. The minimum atomic E-state index is -0.227. The lowest BCUT2D eigenvalue weighted by molar-refractivity contribution is 0.628. The number of hydrogen-bond donors (Lipinski definition) is 1. The van der Waals surface area contributed by atoms with Gasteiger partial charge in [0.2, 0.25) is 0 Å². The number of rotatable bonds is 3. The van der Waals surface area contributed by atoms with Gasteiger partial charge in [0.15, 0.2) is 0 Å². The molecular weight excluding hydrogens is 217 g/mol. The molecule has 88 valence electrons. The first-order valence-corrected chi connectivity index (χ1v) is 5.81. The quantitative estimate of drug-likeness (QED) is 0.882. The minimum Gasteiger partial charge on any atom is -0.330 e.